The van der Waals surface area contributed by atoms with Crippen LogP contribution in [0.2, 0.25) is 5.02 Å². The number of pyridine rings is 1. The van der Waals surface area contributed by atoms with Gasteiger partial charge >= 0.3 is 5.97 Å². The van der Waals surface area contributed by atoms with E-state index in [0.29, 0.717) is 19.0 Å². The first-order valence-electron chi connectivity index (χ1n) is 3.88. The normalized spacial score (nSPS) is 13.8. The van der Waals surface area contributed by atoms with Gasteiger partial charge in [-0.05, 0) is 0 Å². The Kier molecular flexibility index (Phi) is 2.17. The smallest absolute Gasteiger partial charge is 0.356 e. The van der Waals surface area contributed by atoms with Gasteiger partial charge in [-0.2, -0.15) is 0 Å². The van der Waals surface area contributed by atoms with Gasteiger partial charge in [0.2, 0.25) is 0 Å². The second kappa shape index (κ2) is 3.34. The average Bonchev–Trinajstić information content (AvgIpc) is 2.16. The van der Waals surface area contributed by atoms with Crippen molar-refractivity contribution in [3.8, 4) is 11.6 Å². The zero-order valence-corrected chi connectivity index (χ0v) is 7.74. The first-order valence-corrected chi connectivity index (χ1v) is 4.25. The predicted octanol–water partition coefficient (Wildman–Crippen LogP) is 1.20. The number of hydrogen-bond acceptors (Lipinski definition) is 4. The van der Waals surface area contributed by atoms with Crippen molar-refractivity contribution in [3.63, 3.8) is 0 Å². The van der Waals surface area contributed by atoms with Crippen LogP contribution < -0.4 is 9.47 Å². The fourth-order valence-electron chi connectivity index (χ4n) is 1.10. The number of ether oxygens (including phenoxy) is 2. The average molecular weight is 216 g/mol. The molecule has 1 aromatic heterocycles. The van der Waals surface area contributed by atoms with Gasteiger partial charge in [0, 0.05) is 6.07 Å². The van der Waals surface area contributed by atoms with Gasteiger partial charge in [-0.25, -0.2) is 9.78 Å². The zero-order valence-electron chi connectivity index (χ0n) is 6.99. The van der Waals surface area contributed by atoms with Gasteiger partial charge in [0.05, 0.1) is 5.02 Å². The topological polar surface area (TPSA) is 68.7 Å². The number of aromatic carboxylic acids is 1. The fraction of sp³-hybridized carbons (Fsp3) is 0.250. The number of halogens is 1. The molecule has 0 spiro atoms. The lowest BCUT2D eigenvalue weighted by atomic mass is 10.3. The second-order valence-corrected chi connectivity index (χ2v) is 3.03. The Bertz CT molecular complexity index is 393. The van der Waals surface area contributed by atoms with Crippen LogP contribution in [0, 0.1) is 0 Å². The number of carbonyl (C=O) groups is 1. The molecule has 0 aromatic carbocycles. The van der Waals surface area contributed by atoms with Crippen molar-refractivity contribution in [1.82, 2.24) is 4.98 Å². The number of carboxylic acid groups (broad SMARTS) is 1. The Hall–Kier alpha value is -1.49. The van der Waals surface area contributed by atoms with Crippen LogP contribution in [0.4, 0.5) is 0 Å². The maximum absolute atomic E-state index is 10.7. The minimum absolute atomic E-state index is 0.0433. The quantitative estimate of drug-likeness (QED) is 0.763. The Balaban J connectivity index is 2.50. The fourth-order valence-corrected chi connectivity index (χ4v) is 1.32. The van der Waals surface area contributed by atoms with E-state index < -0.39 is 5.97 Å². The van der Waals surface area contributed by atoms with Crippen molar-refractivity contribution >= 4 is 17.6 Å². The molecule has 0 saturated carbocycles. The Morgan fingerprint density at radius 2 is 2.21 bits per heavy atom. The van der Waals surface area contributed by atoms with Crippen LogP contribution >= 0.6 is 11.6 Å². The van der Waals surface area contributed by atoms with Crippen LogP contribution in [0.25, 0.3) is 0 Å². The third-order valence-electron chi connectivity index (χ3n) is 1.69. The van der Waals surface area contributed by atoms with Crippen LogP contribution in [0.3, 0.4) is 0 Å². The van der Waals surface area contributed by atoms with Gasteiger partial charge in [0.25, 0.3) is 5.88 Å². The molecule has 1 aliphatic rings. The second-order valence-electron chi connectivity index (χ2n) is 2.62. The first-order chi connectivity index (χ1) is 6.68. The third kappa shape index (κ3) is 1.46. The monoisotopic (exact) mass is 215 g/mol. The maximum atomic E-state index is 10.7. The molecule has 14 heavy (non-hydrogen) atoms. The number of aromatic nitrogens is 1. The first kappa shape index (κ1) is 9.08. The van der Waals surface area contributed by atoms with Crippen LogP contribution in [0.1, 0.15) is 10.5 Å². The van der Waals surface area contributed by atoms with E-state index in [0.717, 1.165) is 0 Å². The van der Waals surface area contributed by atoms with E-state index in [1.165, 1.54) is 6.07 Å². The Morgan fingerprint density at radius 3 is 2.93 bits per heavy atom. The van der Waals surface area contributed by atoms with Crippen molar-refractivity contribution < 1.29 is 19.4 Å². The standard InChI is InChI=1S/C8H6ClNO4/c9-4-3-5-7(14-2-1-13-5)10-6(4)8(11)12/h3H,1-2H2,(H,11,12). The highest BCUT2D eigenvalue weighted by Crippen LogP contribution is 2.32. The van der Waals surface area contributed by atoms with E-state index in [1.807, 2.05) is 0 Å². The summed E-state index contributed by atoms with van der Waals surface area (Å²) < 4.78 is 10.3. The van der Waals surface area contributed by atoms with Crippen LogP contribution in [-0.2, 0) is 0 Å². The summed E-state index contributed by atoms with van der Waals surface area (Å²) in [5, 5.41) is 8.77. The highest BCUT2D eigenvalue weighted by Gasteiger charge is 2.19. The molecular weight excluding hydrogens is 210 g/mol. The number of fused-ring (bicyclic) bond motifs is 1. The molecule has 1 N–H and O–H groups in total. The molecule has 0 saturated heterocycles. The van der Waals surface area contributed by atoms with Gasteiger partial charge < -0.3 is 14.6 Å². The summed E-state index contributed by atoms with van der Waals surface area (Å²) in [4.78, 5) is 14.4. The van der Waals surface area contributed by atoms with Gasteiger partial charge in [-0.3, -0.25) is 0 Å². The molecule has 0 aliphatic carbocycles. The predicted molar refractivity (Wildman–Crippen MR) is 47.2 cm³/mol. The lowest BCUT2D eigenvalue weighted by Crippen LogP contribution is -2.17. The van der Waals surface area contributed by atoms with E-state index >= 15 is 0 Å². The largest absolute Gasteiger partial charge is 0.484 e. The maximum Gasteiger partial charge on any atom is 0.356 e. The van der Waals surface area contributed by atoms with Gasteiger partial charge in [0.15, 0.2) is 11.4 Å². The van der Waals surface area contributed by atoms with Crippen LogP contribution in [0.5, 0.6) is 11.6 Å². The van der Waals surface area contributed by atoms with Gasteiger partial charge in [0.1, 0.15) is 13.2 Å². The Labute approximate surface area is 84.2 Å². The van der Waals surface area contributed by atoms with Crippen LogP contribution in [0.15, 0.2) is 6.07 Å². The van der Waals surface area contributed by atoms with E-state index in [4.69, 9.17) is 26.2 Å². The van der Waals surface area contributed by atoms with E-state index in [2.05, 4.69) is 4.98 Å². The van der Waals surface area contributed by atoms with Crippen molar-refractivity contribution in [2.75, 3.05) is 13.2 Å². The molecule has 0 amide bonds. The SMILES string of the molecule is O=C(O)c1nc2c(cc1Cl)OCCO2. The summed E-state index contributed by atoms with van der Waals surface area (Å²) in [6.07, 6.45) is 0. The molecule has 1 aromatic rings. The highest BCUT2D eigenvalue weighted by molar-refractivity contribution is 6.33. The van der Waals surface area contributed by atoms with Gasteiger partial charge in [-0.15, -0.1) is 0 Å². The van der Waals surface area contributed by atoms with E-state index in [-0.39, 0.29) is 16.6 Å². The number of hydrogen-bond donors (Lipinski definition) is 1. The number of nitrogens with zero attached hydrogens (tertiary/aromatic N) is 1. The summed E-state index contributed by atoms with van der Waals surface area (Å²) in [7, 11) is 0. The molecule has 6 heteroatoms. The lowest BCUT2D eigenvalue weighted by molar-refractivity contribution is 0.0687. The summed E-state index contributed by atoms with van der Waals surface area (Å²) in [6.45, 7) is 0.776. The Morgan fingerprint density at radius 1 is 1.50 bits per heavy atom. The molecule has 0 unspecified atom stereocenters. The molecule has 1 aliphatic heterocycles. The summed E-state index contributed by atoms with van der Waals surface area (Å²) in [6, 6.07) is 1.40. The summed E-state index contributed by atoms with van der Waals surface area (Å²) in [5.41, 5.74) is -0.226. The molecule has 0 fully saturated rings. The third-order valence-corrected chi connectivity index (χ3v) is 1.98. The lowest BCUT2D eigenvalue weighted by Gasteiger charge is -2.17. The van der Waals surface area contributed by atoms with E-state index in [9.17, 15) is 4.79 Å². The molecule has 2 heterocycles. The molecule has 74 valence electrons. The number of rotatable bonds is 1. The van der Waals surface area contributed by atoms with Crippen molar-refractivity contribution in [2.24, 2.45) is 0 Å². The van der Waals surface area contributed by atoms with Crippen molar-refractivity contribution in [2.45, 2.75) is 0 Å². The molecule has 0 bridgehead atoms. The molecule has 0 atom stereocenters. The minimum atomic E-state index is -1.19. The van der Waals surface area contributed by atoms with Crippen molar-refractivity contribution in [1.29, 1.82) is 0 Å². The highest BCUT2D eigenvalue weighted by atomic mass is 35.5. The van der Waals surface area contributed by atoms with Crippen LogP contribution in [-0.4, -0.2) is 29.3 Å². The molecular formula is C8H6ClNO4. The minimum Gasteiger partial charge on any atom is -0.484 e. The molecule has 5 nitrogen and oxygen atoms in total. The zero-order chi connectivity index (χ0) is 10.1. The molecule has 0 radical (unpaired) electrons. The van der Waals surface area contributed by atoms with E-state index in [1.54, 1.807) is 0 Å². The van der Waals surface area contributed by atoms with Gasteiger partial charge in [-0.1, -0.05) is 11.6 Å². The summed E-state index contributed by atoms with van der Waals surface area (Å²) >= 11 is 5.68. The van der Waals surface area contributed by atoms with Crippen molar-refractivity contribution in [3.05, 3.63) is 16.8 Å². The summed E-state index contributed by atoms with van der Waals surface area (Å²) in [5.74, 6) is -0.628. The molecule has 2 rings (SSSR count). The number of carboxylic acids is 1.